The summed E-state index contributed by atoms with van der Waals surface area (Å²) < 4.78 is 5.26. The molecule has 0 saturated heterocycles. The molecule has 0 saturated carbocycles. The summed E-state index contributed by atoms with van der Waals surface area (Å²) in [6.07, 6.45) is 3.23. The number of aromatic amines is 1. The van der Waals surface area contributed by atoms with E-state index in [0.29, 0.717) is 6.42 Å². The third-order valence-corrected chi connectivity index (χ3v) is 4.50. The summed E-state index contributed by atoms with van der Waals surface area (Å²) in [5.74, 6) is 0.980. The van der Waals surface area contributed by atoms with E-state index in [4.69, 9.17) is 4.74 Å². The van der Waals surface area contributed by atoms with Crippen molar-refractivity contribution in [3.05, 3.63) is 59.8 Å². The van der Waals surface area contributed by atoms with Crippen LogP contribution in [0, 0.1) is 0 Å². The van der Waals surface area contributed by atoms with Crippen LogP contribution in [-0.2, 0) is 17.6 Å². The molecule has 0 unspecified atom stereocenters. The van der Waals surface area contributed by atoms with E-state index in [1.54, 1.807) is 7.11 Å². The van der Waals surface area contributed by atoms with Gasteiger partial charge in [0.1, 0.15) is 5.75 Å². The summed E-state index contributed by atoms with van der Waals surface area (Å²) in [5, 5.41) is 1.12. The second kappa shape index (κ2) is 5.47. The van der Waals surface area contributed by atoms with Gasteiger partial charge >= 0.3 is 0 Å². The molecule has 0 bridgehead atoms. The molecular formula is C19H18N2O2. The minimum absolute atomic E-state index is 0.138. The van der Waals surface area contributed by atoms with Crippen LogP contribution in [0.15, 0.2) is 48.7 Å². The Morgan fingerprint density at radius 1 is 1.26 bits per heavy atom. The Kier molecular flexibility index (Phi) is 3.30. The summed E-state index contributed by atoms with van der Waals surface area (Å²) in [4.78, 5) is 17.9. The van der Waals surface area contributed by atoms with Crippen LogP contribution in [0.4, 0.5) is 5.69 Å². The monoisotopic (exact) mass is 306 g/mol. The van der Waals surface area contributed by atoms with Gasteiger partial charge in [0.15, 0.2) is 0 Å². The number of ether oxygens (including phenoxy) is 1. The molecule has 0 aliphatic carbocycles. The zero-order valence-electron chi connectivity index (χ0n) is 13.0. The lowest BCUT2D eigenvalue weighted by molar-refractivity contribution is -0.117. The number of H-pyrrole nitrogens is 1. The lowest BCUT2D eigenvalue weighted by Crippen LogP contribution is -2.30. The quantitative estimate of drug-likeness (QED) is 0.807. The minimum atomic E-state index is 0.138. The number of aromatic nitrogens is 1. The number of benzene rings is 2. The number of nitrogens with zero attached hydrogens (tertiary/aromatic N) is 1. The fourth-order valence-electron chi connectivity index (χ4n) is 3.30. The van der Waals surface area contributed by atoms with Crippen LogP contribution < -0.4 is 9.64 Å². The Morgan fingerprint density at radius 3 is 3.00 bits per heavy atom. The maximum atomic E-state index is 12.8. The van der Waals surface area contributed by atoms with Gasteiger partial charge in [-0.1, -0.05) is 18.2 Å². The molecule has 2 aromatic carbocycles. The van der Waals surface area contributed by atoms with Crippen LogP contribution in [0.2, 0.25) is 0 Å². The zero-order chi connectivity index (χ0) is 15.8. The Hall–Kier alpha value is -2.75. The van der Waals surface area contributed by atoms with E-state index in [1.165, 1.54) is 5.56 Å². The number of anilines is 1. The van der Waals surface area contributed by atoms with E-state index >= 15 is 0 Å². The predicted molar refractivity (Wildman–Crippen MR) is 91.1 cm³/mol. The number of hydrogen-bond acceptors (Lipinski definition) is 2. The van der Waals surface area contributed by atoms with E-state index < -0.39 is 0 Å². The van der Waals surface area contributed by atoms with Crippen LogP contribution in [0.5, 0.6) is 5.75 Å². The summed E-state index contributed by atoms with van der Waals surface area (Å²) in [6, 6.07) is 14.0. The summed E-state index contributed by atoms with van der Waals surface area (Å²) in [7, 11) is 1.66. The molecule has 4 rings (SSSR count). The predicted octanol–water partition coefficient (Wildman–Crippen LogP) is 3.31. The molecule has 3 aromatic rings. The number of amides is 1. The molecule has 1 N–H and O–H groups in total. The van der Waals surface area contributed by atoms with E-state index in [2.05, 4.69) is 11.1 Å². The van der Waals surface area contributed by atoms with Crippen LogP contribution >= 0.6 is 0 Å². The van der Waals surface area contributed by atoms with Crippen LogP contribution in [0.25, 0.3) is 10.9 Å². The number of para-hydroxylation sites is 1. The molecule has 4 nitrogen and oxygen atoms in total. The number of nitrogens with one attached hydrogen (secondary N) is 1. The van der Waals surface area contributed by atoms with E-state index in [1.807, 2.05) is 47.5 Å². The van der Waals surface area contributed by atoms with Crippen molar-refractivity contribution in [1.29, 1.82) is 0 Å². The first kappa shape index (κ1) is 13.9. The highest BCUT2D eigenvalue weighted by Gasteiger charge is 2.25. The van der Waals surface area contributed by atoms with E-state index in [9.17, 15) is 4.79 Å². The van der Waals surface area contributed by atoms with Gasteiger partial charge in [0.2, 0.25) is 5.91 Å². The smallest absolute Gasteiger partial charge is 0.231 e. The molecular weight excluding hydrogens is 288 g/mol. The maximum Gasteiger partial charge on any atom is 0.231 e. The van der Waals surface area contributed by atoms with Gasteiger partial charge in [0.25, 0.3) is 0 Å². The lowest BCUT2D eigenvalue weighted by Gasteiger charge is -2.17. The first-order valence-electron chi connectivity index (χ1n) is 7.78. The second-order valence-corrected chi connectivity index (χ2v) is 5.83. The van der Waals surface area contributed by atoms with Gasteiger partial charge in [-0.05, 0) is 41.8 Å². The van der Waals surface area contributed by atoms with Crippen molar-refractivity contribution in [1.82, 2.24) is 4.98 Å². The average molecular weight is 306 g/mol. The third-order valence-electron chi connectivity index (χ3n) is 4.50. The normalized spacial score (nSPS) is 13.3. The number of rotatable bonds is 3. The molecule has 4 heteroatoms. The highest BCUT2D eigenvalue weighted by Crippen LogP contribution is 2.32. The van der Waals surface area contributed by atoms with E-state index in [-0.39, 0.29) is 5.91 Å². The van der Waals surface area contributed by atoms with Crippen molar-refractivity contribution in [2.45, 2.75) is 12.8 Å². The number of methoxy groups -OCH3 is 1. The average Bonchev–Trinajstić information content (AvgIpc) is 3.18. The first-order chi connectivity index (χ1) is 11.3. The van der Waals surface area contributed by atoms with E-state index in [0.717, 1.165) is 40.9 Å². The maximum absolute atomic E-state index is 12.8. The molecule has 0 fully saturated rings. The van der Waals surface area contributed by atoms with Crippen molar-refractivity contribution in [3.63, 3.8) is 0 Å². The Morgan fingerprint density at radius 2 is 2.13 bits per heavy atom. The Balaban J connectivity index is 1.59. The summed E-state index contributed by atoms with van der Waals surface area (Å²) in [6.45, 7) is 0.740. The van der Waals surface area contributed by atoms with Crippen molar-refractivity contribution >= 4 is 22.5 Å². The van der Waals surface area contributed by atoms with Gasteiger partial charge in [0.05, 0.1) is 13.5 Å². The molecule has 116 valence electrons. The van der Waals surface area contributed by atoms with Gasteiger partial charge in [0, 0.05) is 29.3 Å². The number of fused-ring (bicyclic) bond motifs is 2. The van der Waals surface area contributed by atoms with Gasteiger partial charge in [-0.2, -0.15) is 0 Å². The highest BCUT2D eigenvalue weighted by molar-refractivity contribution is 5.99. The second-order valence-electron chi connectivity index (χ2n) is 5.83. The molecule has 1 aromatic heterocycles. The lowest BCUT2D eigenvalue weighted by atomic mass is 10.1. The number of carbonyl (C=O) groups is 1. The number of carbonyl (C=O) groups excluding carboxylic acids is 1. The van der Waals surface area contributed by atoms with Gasteiger partial charge < -0.3 is 14.6 Å². The van der Waals surface area contributed by atoms with Crippen LogP contribution in [-0.4, -0.2) is 24.5 Å². The molecule has 0 radical (unpaired) electrons. The number of hydrogen-bond donors (Lipinski definition) is 1. The third kappa shape index (κ3) is 2.36. The van der Waals surface area contributed by atoms with Crippen molar-refractivity contribution < 1.29 is 9.53 Å². The minimum Gasteiger partial charge on any atom is -0.497 e. The molecule has 23 heavy (non-hydrogen) atoms. The molecule has 0 spiro atoms. The summed E-state index contributed by atoms with van der Waals surface area (Å²) >= 11 is 0. The highest BCUT2D eigenvalue weighted by atomic mass is 16.5. The Labute approximate surface area is 134 Å². The standard InChI is InChI=1S/C19H18N2O2/c1-23-15-6-7-18-13(10-15)8-9-21(18)19(22)11-14-12-20-17-5-3-2-4-16(14)17/h2-7,10,12,20H,8-9,11H2,1H3. The SMILES string of the molecule is COc1ccc2c(c1)CCN2C(=O)Cc1c[nH]c2ccccc12. The van der Waals surface area contributed by atoms with Gasteiger partial charge in [-0.25, -0.2) is 0 Å². The van der Waals surface area contributed by atoms with Crippen LogP contribution in [0.1, 0.15) is 11.1 Å². The first-order valence-corrected chi connectivity index (χ1v) is 7.78. The Bertz CT molecular complexity index is 882. The fraction of sp³-hybridized carbons (Fsp3) is 0.211. The molecule has 0 atom stereocenters. The van der Waals surface area contributed by atoms with Crippen molar-refractivity contribution in [3.8, 4) is 5.75 Å². The zero-order valence-corrected chi connectivity index (χ0v) is 13.0. The van der Waals surface area contributed by atoms with Crippen LogP contribution in [0.3, 0.4) is 0 Å². The fourth-order valence-corrected chi connectivity index (χ4v) is 3.30. The molecule has 1 amide bonds. The summed E-state index contributed by atoms with van der Waals surface area (Å²) in [5.41, 5.74) is 4.31. The molecule has 1 aliphatic rings. The topological polar surface area (TPSA) is 45.3 Å². The molecule has 2 heterocycles. The van der Waals surface area contributed by atoms with Crippen molar-refractivity contribution in [2.75, 3.05) is 18.6 Å². The largest absolute Gasteiger partial charge is 0.497 e. The van der Waals surface area contributed by atoms with Crippen molar-refractivity contribution in [2.24, 2.45) is 0 Å². The molecule has 1 aliphatic heterocycles. The van der Waals surface area contributed by atoms with Gasteiger partial charge in [-0.3, -0.25) is 4.79 Å². The van der Waals surface area contributed by atoms with Gasteiger partial charge in [-0.15, -0.1) is 0 Å².